The van der Waals surface area contributed by atoms with Crippen molar-refractivity contribution in [1.29, 1.82) is 0 Å². The van der Waals surface area contributed by atoms with Crippen LogP contribution >= 0.6 is 11.3 Å². The van der Waals surface area contributed by atoms with E-state index in [1.165, 1.54) is 90.7 Å². The van der Waals surface area contributed by atoms with Crippen LogP contribution in [0.2, 0.25) is 0 Å². The molecule has 0 fully saturated rings. The molecular formula is C49H28N2S. The number of hydrogen-bond acceptors (Lipinski definition) is 2. The van der Waals surface area contributed by atoms with Crippen molar-refractivity contribution < 1.29 is 0 Å². The molecular weight excluding hydrogens is 649 g/mol. The first-order valence-electron chi connectivity index (χ1n) is 17.8. The highest BCUT2D eigenvalue weighted by Crippen LogP contribution is 2.44. The summed E-state index contributed by atoms with van der Waals surface area (Å²) in [5.74, 6) is 0. The lowest BCUT2D eigenvalue weighted by atomic mass is 9.92. The molecule has 3 heteroatoms. The van der Waals surface area contributed by atoms with Crippen molar-refractivity contribution in [1.82, 2.24) is 9.38 Å². The molecule has 0 aliphatic carbocycles. The van der Waals surface area contributed by atoms with Crippen molar-refractivity contribution in [3.05, 3.63) is 170 Å². The van der Waals surface area contributed by atoms with Gasteiger partial charge in [-0.2, -0.15) is 0 Å². The van der Waals surface area contributed by atoms with Gasteiger partial charge in [0.15, 0.2) is 5.65 Å². The first-order chi connectivity index (χ1) is 25.8. The smallest absolute Gasteiger partial charge is 0.156 e. The molecule has 0 saturated heterocycles. The van der Waals surface area contributed by atoms with Gasteiger partial charge in [0.25, 0.3) is 0 Å². The number of rotatable bonds is 2. The zero-order valence-corrected chi connectivity index (χ0v) is 28.8. The van der Waals surface area contributed by atoms with Crippen LogP contribution in [-0.2, 0) is 0 Å². The van der Waals surface area contributed by atoms with Crippen LogP contribution in [0.5, 0.6) is 0 Å². The lowest BCUT2D eigenvalue weighted by Crippen LogP contribution is -1.93. The molecule has 0 amide bonds. The van der Waals surface area contributed by atoms with E-state index in [0.29, 0.717) is 0 Å². The van der Waals surface area contributed by atoms with E-state index in [1.807, 2.05) is 11.3 Å². The minimum Gasteiger partial charge on any atom is -0.291 e. The van der Waals surface area contributed by atoms with Crippen molar-refractivity contribution in [2.45, 2.75) is 0 Å². The van der Waals surface area contributed by atoms with Gasteiger partial charge in [-0.3, -0.25) is 4.40 Å². The summed E-state index contributed by atoms with van der Waals surface area (Å²) >= 11 is 1.86. The molecule has 12 aromatic rings. The molecule has 0 spiro atoms. The SMILES string of the molecule is c1ccc2c(c1)ccc1c2nc2c3sc4c5ccccc5ccc4c3cc(-c3ccc(-c4ccc5c6ccccc6c6ccccc6c5c4)cc3)n12. The van der Waals surface area contributed by atoms with E-state index in [0.717, 1.165) is 22.4 Å². The van der Waals surface area contributed by atoms with E-state index in [-0.39, 0.29) is 0 Å². The number of nitrogens with zero attached hydrogens (tertiary/aromatic N) is 2. The third-order valence-corrected chi connectivity index (χ3v) is 12.4. The average molecular weight is 677 g/mol. The monoisotopic (exact) mass is 676 g/mol. The van der Waals surface area contributed by atoms with Gasteiger partial charge in [-0.15, -0.1) is 11.3 Å². The minimum absolute atomic E-state index is 1.02. The third-order valence-electron chi connectivity index (χ3n) is 11.2. The predicted molar refractivity (Wildman–Crippen MR) is 224 cm³/mol. The summed E-state index contributed by atoms with van der Waals surface area (Å²) in [7, 11) is 0. The lowest BCUT2D eigenvalue weighted by Gasteiger charge is -2.13. The minimum atomic E-state index is 1.02. The molecule has 3 aromatic heterocycles. The van der Waals surface area contributed by atoms with E-state index in [9.17, 15) is 0 Å². The van der Waals surface area contributed by atoms with Crippen molar-refractivity contribution >= 4 is 102 Å². The van der Waals surface area contributed by atoms with E-state index < -0.39 is 0 Å². The van der Waals surface area contributed by atoms with Gasteiger partial charge in [-0.05, 0) is 83.4 Å². The van der Waals surface area contributed by atoms with Crippen LogP contribution in [0.1, 0.15) is 0 Å². The second-order valence-electron chi connectivity index (χ2n) is 13.9. The number of pyridine rings is 1. The number of fused-ring (bicyclic) bond motifs is 17. The van der Waals surface area contributed by atoms with Gasteiger partial charge < -0.3 is 0 Å². The summed E-state index contributed by atoms with van der Waals surface area (Å²) in [6.45, 7) is 0. The van der Waals surface area contributed by atoms with Crippen molar-refractivity contribution in [2.75, 3.05) is 0 Å². The fourth-order valence-electron chi connectivity index (χ4n) is 8.70. The maximum absolute atomic E-state index is 5.45. The van der Waals surface area contributed by atoms with Gasteiger partial charge in [-0.25, -0.2) is 4.98 Å². The fraction of sp³-hybridized carbons (Fsp3) is 0. The summed E-state index contributed by atoms with van der Waals surface area (Å²) in [6.07, 6.45) is 0. The molecule has 0 bridgehead atoms. The summed E-state index contributed by atoms with van der Waals surface area (Å²) < 4.78 is 4.93. The van der Waals surface area contributed by atoms with Gasteiger partial charge in [-0.1, -0.05) is 152 Å². The Labute approximate surface area is 302 Å². The molecule has 9 aromatic carbocycles. The van der Waals surface area contributed by atoms with Gasteiger partial charge in [0.05, 0.1) is 21.4 Å². The van der Waals surface area contributed by atoms with Crippen molar-refractivity contribution in [2.24, 2.45) is 0 Å². The molecule has 0 N–H and O–H groups in total. The van der Waals surface area contributed by atoms with E-state index >= 15 is 0 Å². The van der Waals surface area contributed by atoms with Crippen LogP contribution in [0.15, 0.2) is 170 Å². The first-order valence-corrected chi connectivity index (χ1v) is 18.6. The number of hydrogen-bond donors (Lipinski definition) is 0. The van der Waals surface area contributed by atoms with E-state index in [2.05, 4.69) is 174 Å². The molecule has 0 saturated carbocycles. The molecule has 0 aliphatic rings. The fourth-order valence-corrected chi connectivity index (χ4v) is 9.99. The molecule has 2 nitrogen and oxygen atoms in total. The Morgan fingerprint density at radius 2 is 0.904 bits per heavy atom. The molecule has 240 valence electrons. The second-order valence-corrected chi connectivity index (χ2v) is 14.9. The van der Waals surface area contributed by atoms with Gasteiger partial charge in [0.1, 0.15) is 0 Å². The van der Waals surface area contributed by atoms with Crippen molar-refractivity contribution in [3.8, 4) is 22.4 Å². The van der Waals surface area contributed by atoms with Crippen LogP contribution in [0.25, 0.3) is 113 Å². The third kappa shape index (κ3) is 3.86. The highest BCUT2D eigenvalue weighted by molar-refractivity contribution is 7.27. The molecule has 0 radical (unpaired) electrons. The Balaban J connectivity index is 1.10. The molecule has 3 heterocycles. The van der Waals surface area contributed by atoms with E-state index in [1.54, 1.807) is 0 Å². The van der Waals surface area contributed by atoms with Crippen LogP contribution in [0, 0.1) is 0 Å². The van der Waals surface area contributed by atoms with Crippen LogP contribution in [0.3, 0.4) is 0 Å². The van der Waals surface area contributed by atoms with Gasteiger partial charge >= 0.3 is 0 Å². The molecule has 12 rings (SSSR count). The normalized spacial score (nSPS) is 12.2. The first kappa shape index (κ1) is 28.2. The maximum atomic E-state index is 5.45. The highest BCUT2D eigenvalue weighted by atomic mass is 32.1. The molecule has 0 unspecified atom stereocenters. The topological polar surface area (TPSA) is 17.3 Å². The molecule has 0 atom stereocenters. The predicted octanol–water partition coefficient (Wildman–Crippen LogP) is 14.0. The Kier molecular flexibility index (Phi) is 5.68. The van der Waals surface area contributed by atoms with Crippen LogP contribution < -0.4 is 0 Å². The number of thiophene rings is 1. The number of aromatic nitrogens is 2. The Morgan fingerprint density at radius 1 is 0.365 bits per heavy atom. The standard InChI is InChI=1S/C49H28N2S/c1-3-11-34-30(9-1)23-26-44-46(34)50-49-48-43(41-25-21-31-10-2-4-12-35(31)47(41)52-48)28-45(51(44)49)32-19-17-29(18-20-32)33-22-24-40-38-15-6-5-13-36(38)37-14-7-8-16-39(37)42(40)27-33/h1-28H. The highest BCUT2D eigenvalue weighted by Gasteiger charge is 2.20. The summed E-state index contributed by atoms with van der Waals surface area (Å²) in [4.78, 5) is 5.45. The number of imidazole rings is 1. The summed E-state index contributed by atoms with van der Waals surface area (Å²) in [5, 5.41) is 15.3. The lowest BCUT2D eigenvalue weighted by molar-refractivity contribution is 1.25. The summed E-state index contributed by atoms with van der Waals surface area (Å²) in [5.41, 5.74) is 7.93. The largest absolute Gasteiger partial charge is 0.291 e. The Morgan fingerprint density at radius 3 is 1.63 bits per heavy atom. The molecule has 0 aliphatic heterocycles. The average Bonchev–Trinajstić information content (AvgIpc) is 3.80. The summed E-state index contributed by atoms with van der Waals surface area (Å²) in [6, 6.07) is 62.4. The number of benzene rings is 9. The molecule has 52 heavy (non-hydrogen) atoms. The van der Waals surface area contributed by atoms with Gasteiger partial charge in [0, 0.05) is 20.9 Å². The van der Waals surface area contributed by atoms with Crippen LogP contribution in [-0.4, -0.2) is 9.38 Å². The van der Waals surface area contributed by atoms with Crippen molar-refractivity contribution in [3.63, 3.8) is 0 Å². The van der Waals surface area contributed by atoms with E-state index in [4.69, 9.17) is 4.98 Å². The zero-order chi connectivity index (χ0) is 33.9. The van der Waals surface area contributed by atoms with Crippen LogP contribution in [0.4, 0.5) is 0 Å². The zero-order valence-electron chi connectivity index (χ0n) is 28.0. The quantitative estimate of drug-likeness (QED) is 0.167. The Hall–Kier alpha value is -6.55. The second kappa shape index (κ2) is 10.5. The van der Waals surface area contributed by atoms with Gasteiger partial charge in [0.2, 0.25) is 0 Å². The Bertz CT molecular complexity index is 3420. The maximum Gasteiger partial charge on any atom is 0.156 e.